The third-order valence-electron chi connectivity index (χ3n) is 3.64. The number of hydrogen-bond acceptors (Lipinski definition) is 2. The number of rotatable bonds is 7. The highest BCUT2D eigenvalue weighted by atomic mass is 16.5. The molecule has 0 aliphatic heterocycles. The van der Waals surface area contributed by atoms with E-state index in [1.54, 1.807) is 6.08 Å². The van der Waals surface area contributed by atoms with Crippen molar-refractivity contribution in [2.45, 2.75) is 32.2 Å². The fourth-order valence-electron chi connectivity index (χ4n) is 2.39. The van der Waals surface area contributed by atoms with Gasteiger partial charge in [-0.25, -0.2) is 0 Å². The molecule has 2 aromatic carbocycles. The van der Waals surface area contributed by atoms with Crippen LogP contribution in [0.5, 0.6) is 5.75 Å². The first kappa shape index (κ1) is 14.6. The summed E-state index contributed by atoms with van der Waals surface area (Å²) in [4.78, 5) is 0. The highest BCUT2D eigenvalue weighted by Gasteiger charge is 2.10. The van der Waals surface area contributed by atoms with Gasteiger partial charge in [-0.15, -0.1) is 0 Å². The van der Waals surface area contributed by atoms with Crippen molar-refractivity contribution in [3.8, 4) is 5.75 Å². The van der Waals surface area contributed by atoms with Crippen LogP contribution in [0.4, 0.5) is 0 Å². The lowest BCUT2D eigenvalue weighted by atomic mass is 9.97. The van der Waals surface area contributed by atoms with Crippen molar-refractivity contribution in [2.24, 2.45) is 5.73 Å². The molecule has 1 atom stereocenters. The predicted molar refractivity (Wildman–Crippen MR) is 86.2 cm³/mol. The molecular formula is C18H23NO. The molecule has 0 aliphatic rings. The van der Waals surface area contributed by atoms with Crippen molar-refractivity contribution in [2.75, 3.05) is 6.61 Å². The summed E-state index contributed by atoms with van der Waals surface area (Å²) in [6.07, 6.45) is 4.71. The van der Waals surface area contributed by atoms with Crippen molar-refractivity contribution >= 4 is 10.8 Å². The van der Waals surface area contributed by atoms with Crippen LogP contribution in [0.3, 0.4) is 0 Å². The van der Waals surface area contributed by atoms with E-state index in [0.717, 1.165) is 25.0 Å². The first-order chi connectivity index (χ1) is 9.76. The summed E-state index contributed by atoms with van der Waals surface area (Å²) in [6.45, 7) is 6.37. The van der Waals surface area contributed by atoms with Gasteiger partial charge in [0.2, 0.25) is 0 Å². The molecule has 2 N–H and O–H groups in total. The summed E-state index contributed by atoms with van der Waals surface area (Å²) in [5, 5.41) is 2.51. The molecule has 2 rings (SSSR count). The van der Waals surface area contributed by atoms with Crippen LogP contribution >= 0.6 is 0 Å². The van der Waals surface area contributed by atoms with Gasteiger partial charge in [0.05, 0.1) is 0 Å². The summed E-state index contributed by atoms with van der Waals surface area (Å²) in [6, 6.07) is 12.8. The molecule has 0 saturated heterocycles. The van der Waals surface area contributed by atoms with Crippen molar-refractivity contribution in [3.63, 3.8) is 0 Å². The van der Waals surface area contributed by atoms with Gasteiger partial charge >= 0.3 is 0 Å². The predicted octanol–water partition coefficient (Wildman–Crippen LogP) is 4.07. The maximum absolute atomic E-state index is 6.06. The largest absolute Gasteiger partial charge is 0.489 e. The number of aryl methyl sites for hydroxylation is 1. The minimum atomic E-state index is 0.251. The monoisotopic (exact) mass is 269 g/mol. The second-order valence-electron chi connectivity index (χ2n) is 5.07. The van der Waals surface area contributed by atoms with E-state index in [-0.39, 0.29) is 6.04 Å². The SMILES string of the molecule is C=CCOc1ccc2ccccc2c1CCC(N)CC. The maximum atomic E-state index is 6.06. The van der Waals surface area contributed by atoms with Gasteiger partial charge in [-0.05, 0) is 36.1 Å². The van der Waals surface area contributed by atoms with Gasteiger partial charge in [-0.3, -0.25) is 0 Å². The zero-order valence-electron chi connectivity index (χ0n) is 12.1. The average Bonchev–Trinajstić information content (AvgIpc) is 2.50. The summed E-state index contributed by atoms with van der Waals surface area (Å²) in [5.41, 5.74) is 7.32. The Morgan fingerprint density at radius 3 is 2.80 bits per heavy atom. The van der Waals surface area contributed by atoms with Crippen LogP contribution in [0, 0.1) is 0 Å². The Labute approximate surface area is 121 Å². The molecular weight excluding hydrogens is 246 g/mol. The molecule has 20 heavy (non-hydrogen) atoms. The molecule has 0 bridgehead atoms. The van der Waals surface area contributed by atoms with E-state index in [2.05, 4.69) is 49.9 Å². The van der Waals surface area contributed by atoms with Crippen molar-refractivity contribution in [3.05, 3.63) is 54.6 Å². The maximum Gasteiger partial charge on any atom is 0.123 e. The molecule has 0 radical (unpaired) electrons. The molecule has 0 aromatic heterocycles. The van der Waals surface area contributed by atoms with E-state index in [1.807, 2.05) is 0 Å². The highest BCUT2D eigenvalue weighted by molar-refractivity contribution is 5.87. The second-order valence-corrected chi connectivity index (χ2v) is 5.07. The quantitative estimate of drug-likeness (QED) is 0.769. The third kappa shape index (κ3) is 3.40. The molecule has 106 valence electrons. The van der Waals surface area contributed by atoms with Gasteiger partial charge in [0.25, 0.3) is 0 Å². The zero-order valence-corrected chi connectivity index (χ0v) is 12.1. The van der Waals surface area contributed by atoms with E-state index in [9.17, 15) is 0 Å². The van der Waals surface area contributed by atoms with Crippen LogP contribution in [-0.4, -0.2) is 12.6 Å². The van der Waals surface area contributed by atoms with Crippen LogP contribution in [0.15, 0.2) is 49.1 Å². The van der Waals surface area contributed by atoms with Gasteiger partial charge in [-0.2, -0.15) is 0 Å². The summed E-state index contributed by atoms with van der Waals surface area (Å²) in [5.74, 6) is 0.951. The lowest BCUT2D eigenvalue weighted by Crippen LogP contribution is -2.19. The molecule has 2 nitrogen and oxygen atoms in total. The standard InChI is InChI=1S/C18H23NO/c1-3-13-20-18-12-9-14-7-5-6-8-16(14)17(18)11-10-15(19)4-2/h3,5-9,12,15H,1,4,10-11,13,19H2,2H3. The fraction of sp³-hybridized carbons (Fsp3) is 0.333. The Morgan fingerprint density at radius 2 is 2.05 bits per heavy atom. The Kier molecular flexibility index (Phi) is 5.19. The molecule has 2 heteroatoms. The normalized spacial score (nSPS) is 12.3. The molecule has 0 saturated carbocycles. The number of hydrogen-bond donors (Lipinski definition) is 1. The fourth-order valence-corrected chi connectivity index (χ4v) is 2.39. The second kappa shape index (κ2) is 7.11. The molecule has 0 heterocycles. The highest BCUT2D eigenvalue weighted by Crippen LogP contribution is 2.29. The number of benzene rings is 2. The smallest absolute Gasteiger partial charge is 0.123 e. The lowest BCUT2D eigenvalue weighted by Gasteiger charge is -2.15. The minimum Gasteiger partial charge on any atom is -0.489 e. The summed E-state index contributed by atoms with van der Waals surface area (Å²) >= 11 is 0. The van der Waals surface area contributed by atoms with Gasteiger partial charge in [0.15, 0.2) is 0 Å². The number of fused-ring (bicyclic) bond motifs is 1. The molecule has 2 aromatic rings. The minimum absolute atomic E-state index is 0.251. The van der Waals surface area contributed by atoms with Crippen LogP contribution < -0.4 is 10.5 Å². The molecule has 0 amide bonds. The van der Waals surface area contributed by atoms with E-state index in [4.69, 9.17) is 10.5 Å². The van der Waals surface area contributed by atoms with Crippen molar-refractivity contribution in [1.29, 1.82) is 0 Å². The first-order valence-electron chi connectivity index (χ1n) is 7.26. The number of ether oxygens (including phenoxy) is 1. The third-order valence-corrected chi connectivity index (χ3v) is 3.64. The van der Waals surface area contributed by atoms with Gasteiger partial charge in [-0.1, -0.05) is 49.9 Å². The van der Waals surface area contributed by atoms with E-state index < -0.39 is 0 Å². The van der Waals surface area contributed by atoms with Crippen LogP contribution in [0.1, 0.15) is 25.3 Å². The summed E-state index contributed by atoms with van der Waals surface area (Å²) < 4.78 is 5.80. The Bertz CT molecular complexity index is 577. The molecule has 0 spiro atoms. The summed E-state index contributed by atoms with van der Waals surface area (Å²) in [7, 11) is 0. The lowest BCUT2D eigenvalue weighted by molar-refractivity contribution is 0.359. The van der Waals surface area contributed by atoms with Crippen molar-refractivity contribution in [1.82, 2.24) is 0 Å². The zero-order chi connectivity index (χ0) is 14.4. The molecule has 0 fully saturated rings. The van der Waals surface area contributed by atoms with Crippen LogP contribution in [-0.2, 0) is 6.42 Å². The van der Waals surface area contributed by atoms with Crippen LogP contribution in [0.2, 0.25) is 0 Å². The number of nitrogens with two attached hydrogens (primary N) is 1. The van der Waals surface area contributed by atoms with E-state index in [0.29, 0.717) is 6.61 Å². The van der Waals surface area contributed by atoms with Crippen molar-refractivity contribution < 1.29 is 4.74 Å². The topological polar surface area (TPSA) is 35.2 Å². The first-order valence-corrected chi connectivity index (χ1v) is 7.26. The van der Waals surface area contributed by atoms with E-state index >= 15 is 0 Å². The Balaban J connectivity index is 2.36. The van der Waals surface area contributed by atoms with Gasteiger partial charge < -0.3 is 10.5 Å². The van der Waals surface area contributed by atoms with Gasteiger partial charge in [0, 0.05) is 11.6 Å². The average molecular weight is 269 g/mol. The Hall–Kier alpha value is -1.80. The molecule has 0 aliphatic carbocycles. The van der Waals surface area contributed by atoms with E-state index in [1.165, 1.54) is 16.3 Å². The Morgan fingerprint density at radius 1 is 1.25 bits per heavy atom. The van der Waals surface area contributed by atoms with Crippen LogP contribution in [0.25, 0.3) is 10.8 Å². The molecule has 1 unspecified atom stereocenters. The van der Waals surface area contributed by atoms with Gasteiger partial charge in [0.1, 0.15) is 12.4 Å².